The summed E-state index contributed by atoms with van der Waals surface area (Å²) in [7, 11) is 1.28. The lowest BCUT2D eigenvalue weighted by Crippen LogP contribution is -2.43. The number of hydrogen-bond donors (Lipinski definition) is 2. The molecule has 8 nitrogen and oxygen atoms in total. The fourth-order valence-electron chi connectivity index (χ4n) is 2.86. The van der Waals surface area contributed by atoms with Gasteiger partial charge in [0.15, 0.2) is 0 Å². The van der Waals surface area contributed by atoms with Crippen molar-refractivity contribution >= 4 is 12.0 Å². The first kappa shape index (κ1) is 22.4. The Morgan fingerprint density at radius 3 is 2.52 bits per heavy atom. The molecular formula is C19H25F2N5O3. The summed E-state index contributed by atoms with van der Waals surface area (Å²) in [6, 6.07) is 4.32. The maximum atomic E-state index is 13.6. The van der Waals surface area contributed by atoms with Crippen LogP contribution in [0.25, 0.3) is 11.4 Å². The number of rotatable bonds is 8. The first-order valence-corrected chi connectivity index (χ1v) is 9.01. The zero-order valence-corrected chi connectivity index (χ0v) is 16.8. The minimum Gasteiger partial charge on any atom is -0.490 e. The molecular weight excluding hydrogens is 384 g/mol. The van der Waals surface area contributed by atoms with Crippen molar-refractivity contribution in [3.05, 3.63) is 30.1 Å². The topological polar surface area (TPSA) is 114 Å². The van der Waals surface area contributed by atoms with Crippen LogP contribution in [-0.2, 0) is 0 Å². The normalized spacial score (nSPS) is 13.4. The van der Waals surface area contributed by atoms with E-state index in [0.29, 0.717) is 12.3 Å². The van der Waals surface area contributed by atoms with Crippen molar-refractivity contribution in [3.63, 3.8) is 0 Å². The fourth-order valence-corrected chi connectivity index (χ4v) is 2.86. The van der Waals surface area contributed by atoms with E-state index in [-0.39, 0.29) is 29.7 Å². The van der Waals surface area contributed by atoms with E-state index in [0.717, 1.165) is 4.90 Å². The van der Waals surface area contributed by atoms with Gasteiger partial charge in [-0.1, -0.05) is 13.8 Å². The number of pyridine rings is 1. The minimum absolute atomic E-state index is 0.0545. The van der Waals surface area contributed by atoms with Crippen molar-refractivity contribution in [2.75, 3.05) is 18.6 Å². The van der Waals surface area contributed by atoms with Gasteiger partial charge < -0.3 is 15.6 Å². The third-order valence-electron chi connectivity index (χ3n) is 4.02. The van der Waals surface area contributed by atoms with Crippen molar-refractivity contribution < 1.29 is 23.4 Å². The molecule has 2 aromatic heterocycles. The lowest BCUT2D eigenvalue weighted by molar-refractivity contribution is 0.134. The molecule has 10 heteroatoms. The van der Waals surface area contributed by atoms with E-state index >= 15 is 0 Å². The van der Waals surface area contributed by atoms with Gasteiger partial charge in [0.1, 0.15) is 18.1 Å². The summed E-state index contributed by atoms with van der Waals surface area (Å²) in [5.41, 5.74) is 5.33. The number of alkyl halides is 2. The molecule has 1 unspecified atom stereocenters. The van der Waals surface area contributed by atoms with E-state index in [1.165, 1.54) is 31.4 Å². The van der Waals surface area contributed by atoms with E-state index in [1.807, 2.05) is 13.8 Å². The highest BCUT2D eigenvalue weighted by Gasteiger charge is 2.24. The number of carbonyl (C=O) groups is 1. The van der Waals surface area contributed by atoms with Gasteiger partial charge in [-0.25, -0.2) is 33.4 Å². The summed E-state index contributed by atoms with van der Waals surface area (Å²) in [5, 5.41) is 9.03. The lowest BCUT2D eigenvalue weighted by atomic mass is 9.93. The Kier molecular flexibility index (Phi) is 7.02. The molecule has 0 aliphatic rings. The predicted octanol–water partition coefficient (Wildman–Crippen LogP) is 3.73. The second kappa shape index (κ2) is 9.08. The SMILES string of the molecule is CC(C)CC(C)(N)COc1ccc(-c2ccnc(N(C)C(=O)O)n2)nc1C(F)F. The maximum Gasteiger partial charge on any atom is 0.413 e. The van der Waals surface area contributed by atoms with E-state index in [9.17, 15) is 13.6 Å². The largest absolute Gasteiger partial charge is 0.490 e. The standard InChI is InChI=1S/C19H25F2N5O3/c1-11(2)9-19(3,22)10-29-14-6-5-12(24-15(14)16(20)21)13-7-8-23-17(25-13)26(4)18(27)28/h5-8,11,16H,9-10,22H2,1-4H3,(H,27,28). The zero-order valence-electron chi connectivity index (χ0n) is 16.8. The minimum atomic E-state index is -2.87. The van der Waals surface area contributed by atoms with Crippen LogP contribution in [0.3, 0.4) is 0 Å². The van der Waals surface area contributed by atoms with Crippen molar-refractivity contribution in [3.8, 4) is 17.1 Å². The summed E-state index contributed by atoms with van der Waals surface area (Å²) < 4.78 is 32.7. The van der Waals surface area contributed by atoms with Gasteiger partial charge in [0.05, 0.1) is 11.4 Å². The third-order valence-corrected chi connectivity index (χ3v) is 4.02. The van der Waals surface area contributed by atoms with Gasteiger partial charge in [0.2, 0.25) is 5.95 Å². The molecule has 1 atom stereocenters. The zero-order chi connectivity index (χ0) is 21.8. The molecule has 0 saturated heterocycles. The summed E-state index contributed by atoms with van der Waals surface area (Å²) in [6.07, 6.45) is -2.12. The van der Waals surface area contributed by atoms with Crippen molar-refractivity contribution in [1.82, 2.24) is 15.0 Å². The number of aromatic nitrogens is 3. The van der Waals surface area contributed by atoms with Gasteiger partial charge in [0.25, 0.3) is 6.43 Å². The van der Waals surface area contributed by atoms with Gasteiger partial charge in [-0.15, -0.1) is 0 Å². The molecule has 0 bridgehead atoms. The van der Waals surface area contributed by atoms with E-state index in [2.05, 4.69) is 15.0 Å². The first-order chi connectivity index (χ1) is 13.5. The monoisotopic (exact) mass is 409 g/mol. The number of nitrogens with two attached hydrogens (primary N) is 1. The summed E-state index contributed by atoms with van der Waals surface area (Å²) in [5.74, 6) is 0.184. The molecule has 29 heavy (non-hydrogen) atoms. The quantitative estimate of drug-likeness (QED) is 0.683. The maximum absolute atomic E-state index is 13.6. The lowest BCUT2D eigenvalue weighted by Gasteiger charge is -2.27. The average Bonchev–Trinajstić information content (AvgIpc) is 2.64. The van der Waals surface area contributed by atoms with E-state index < -0.39 is 23.8 Å². The summed E-state index contributed by atoms with van der Waals surface area (Å²) in [6.45, 7) is 5.90. The molecule has 158 valence electrons. The number of carboxylic acid groups (broad SMARTS) is 1. The van der Waals surface area contributed by atoms with Gasteiger partial charge >= 0.3 is 6.09 Å². The Hall–Kier alpha value is -2.88. The van der Waals surface area contributed by atoms with Crippen molar-refractivity contribution in [1.29, 1.82) is 0 Å². The molecule has 0 saturated carbocycles. The Bertz CT molecular complexity index is 861. The first-order valence-electron chi connectivity index (χ1n) is 9.01. The molecule has 0 aliphatic heterocycles. The molecule has 2 rings (SSSR count). The van der Waals surface area contributed by atoms with Crippen LogP contribution in [0.5, 0.6) is 5.75 Å². The smallest absolute Gasteiger partial charge is 0.413 e. The van der Waals surface area contributed by atoms with Crippen LogP contribution in [0.1, 0.15) is 39.3 Å². The van der Waals surface area contributed by atoms with Crippen molar-refractivity contribution in [2.24, 2.45) is 11.7 Å². The second-order valence-electron chi connectivity index (χ2n) is 7.50. The molecule has 0 aliphatic carbocycles. The molecule has 2 heterocycles. The number of halogens is 2. The molecule has 1 amide bonds. The molecule has 0 radical (unpaired) electrons. The highest BCUT2D eigenvalue weighted by atomic mass is 19.3. The number of anilines is 1. The number of hydrogen-bond acceptors (Lipinski definition) is 6. The Balaban J connectivity index is 2.30. The third kappa shape index (κ3) is 6.05. The van der Waals surface area contributed by atoms with Crippen LogP contribution < -0.4 is 15.4 Å². The van der Waals surface area contributed by atoms with Crippen LogP contribution in [0.15, 0.2) is 24.4 Å². The average molecular weight is 409 g/mol. The van der Waals surface area contributed by atoms with Crippen LogP contribution in [0, 0.1) is 5.92 Å². The highest BCUT2D eigenvalue weighted by Crippen LogP contribution is 2.31. The Morgan fingerprint density at radius 2 is 1.93 bits per heavy atom. The van der Waals surface area contributed by atoms with Gasteiger partial charge in [-0.3, -0.25) is 0 Å². The second-order valence-corrected chi connectivity index (χ2v) is 7.50. The molecule has 0 fully saturated rings. The number of nitrogens with zero attached hydrogens (tertiary/aromatic N) is 4. The van der Waals surface area contributed by atoms with Crippen LogP contribution >= 0.6 is 0 Å². The van der Waals surface area contributed by atoms with Crippen LogP contribution in [-0.4, -0.2) is 45.3 Å². The van der Waals surface area contributed by atoms with Crippen molar-refractivity contribution in [2.45, 2.75) is 39.2 Å². The Morgan fingerprint density at radius 1 is 1.28 bits per heavy atom. The van der Waals surface area contributed by atoms with Gasteiger partial charge in [-0.2, -0.15) is 0 Å². The molecule has 0 spiro atoms. The van der Waals surface area contributed by atoms with E-state index in [1.54, 1.807) is 6.92 Å². The van der Waals surface area contributed by atoms with Gasteiger partial charge in [-0.05, 0) is 37.5 Å². The fraction of sp³-hybridized carbons (Fsp3) is 0.474. The highest BCUT2D eigenvalue weighted by molar-refractivity contribution is 5.83. The molecule has 3 N–H and O–H groups in total. The molecule has 0 aromatic carbocycles. The number of ether oxygens (including phenoxy) is 1. The van der Waals surface area contributed by atoms with Crippen LogP contribution in [0.2, 0.25) is 0 Å². The molecule has 2 aromatic rings. The summed E-state index contributed by atoms with van der Waals surface area (Å²) >= 11 is 0. The summed E-state index contributed by atoms with van der Waals surface area (Å²) in [4.78, 5) is 23.8. The van der Waals surface area contributed by atoms with E-state index in [4.69, 9.17) is 15.6 Å². The predicted molar refractivity (Wildman–Crippen MR) is 104 cm³/mol. The van der Waals surface area contributed by atoms with Gasteiger partial charge in [0, 0.05) is 18.8 Å². The van der Waals surface area contributed by atoms with Crippen LogP contribution in [0.4, 0.5) is 19.5 Å². The Labute approximate surface area is 167 Å². The number of amides is 1.